The van der Waals surface area contributed by atoms with Crippen molar-refractivity contribution < 1.29 is 9.59 Å². The summed E-state index contributed by atoms with van der Waals surface area (Å²) in [5.41, 5.74) is 7.71. The van der Waals surface area contributed by atoms with Crippen LogP contribution in [0.15, 0.2) is 37.1 Å². The molecule has 8 heteroatoms. The molecule has 1 saturated carbocycles. The number of hydrogen-bond acceptors (Lipinski definition) is 6. The highest BCUT2D eigenvalue weighted by Gasteiger charge is 2.40. The summed E-state index contributed by atoms with van der Waals surface area (Å²) in [5.74, 6) is 0.854. The second-order valence-corrected chi connectivity index (χ2v) is 14.8. The Labute approximate surface area is 190 Å². The molecule has 0 saturated heterocycles. The van der Waals surface area contributed by atoms with Crippen LogP contribution in [0.2, 0.25) is 18.1 Å². The summed E-state index contributed by atoms with van der Waals surface area (Å²) in [5, 5.41) is 0.772. The smallest absolute Gasteiger partial charge is 0.195 e. The van der Waals surface area contributed by atoms with Crippen LogP contribution in [-0.2, 0) is 0 Å². The molecule has 0 unspecified atom stereocenters. The normalized spacial score (nSPS) is 19.9. The molecule has 7 nitrogen and oxygen atoms in total. The Morgan fingerprint density at radius 2 is 1.97 bits per heavy atom. The van der Waals surface area contributed by atoms with Crippen LogP contribution in [0.5, 0.6) is 0 Å². The predicted octanol–water partition coefficient (Wildman–Crippen LogP) is 4.74. The summed E-state index contributed by atoms with van der Waals surface area (Å²) >= 11 is 0. The van der Waals surface area contributed by atoms with Gasteiger partial charge in [0.25, 0.3) is 0 Å². The van der Waals surface area contributed by atoms with Crippen molar-refractivity contribution in [3.05, 3.63) is 48.2 Å². The van der Waals surface area contributed by atoms with Gasteiger partial charge in [0, 0.05) is 35.6 Å². The number of nitrogens with two attached hydrogens (primary N) is 1. The van der Waals surface area contributed by atoms with Gasteiger partial charge in [-0.25, -0.2) is 15.0 Å². The molecule has 4 rings (SSSR count). The lowest BCUT2D eigenvalue weighted by Crippen LogP contribution is -2.40. The number of pyridine rings is 1. The van der Waals surface area contributed by atoms with Gasteiger partial charge >= 0.3 is 0 Å². The first-order valence-corrected chi connectivity index (χ1v) is 14.3. The van der Waals surface area contributed by atoms with Gasteiger partial charge in [-0.3, -0.25) is 4.79 Å². The zero-order valence-corrected chi connectivity index (χ0v) is 20.4. The average Bonchev–Trinajstić information content (AvgIpc) is 3.12. The van der Waals surface area contributed by atoms with Crippen molar-refractivity contribution in [2.45, 2.75) is 70.1 Å². The standard InChI is InChI=1S/C24H33N5O2Si/c1-24(2,32(3,4)31)12-16-5-7-18(8-6-16)29-14-20(19-13-26-15-28-23(19)29)22(30)17-9-10-27-21(25)11-17/h9-11,13-16,18,31H,5-8,12H2,1-4H3,(H2,25,27)/t16-,18-. The van der Waals surface area contributed by atoms with E-state index in [0.29, 0.717) is 28.9 Å². The molecule has 0 spiro atoms. The monoisotopic (exact) mass is 451 g/mol. The first-order chi connectivity index (χ1) is 15.1. The summed E-state index contributed by atoms with van der Waals surface area (Å²) < 4.78 is 2.17. The van der Waals surface area contributed by atoms with Gasteiger partial charge in [0.1, 0.15) is 17.8 Å². The second kappa shape index (κ2) is 8.40. The number of aromatic nitrogens is 4. The highest BCUT2D eigenvalue weighted by atomic mass is 28.4. The molecule has 3 aromatic rings. The van der Waals surface area contributed by atoms with Crippen molar-refractivity contribution >= 4 is 31.0 Å². The van der Waals surface area contributed by atoms with E-state index in [4.69, 9.17) is 5.73 Å². The number of carbonyl (C=O) groups excluding carboxylic acids is 1. The maximum Gasteiger partial charge on any atom is 0.195 e. The maximum absolute atomic E-state index is 13.2. The fraction of sp³-hybridized carbons (Fsp3) is 0.500. The topological polar surface area (TPSA) is 107 Å². The van der Waals surface area contributed by atoms with E-state index < -0.39 is 8.32 Å². The summed E-state index contributed by atoms with van der Waals surface area (Å²) in [6, 6.07) is 3.59. The molecule has 3 N–H and O–H groups in total. The lowest BCUT2D eigenvalue weighted by molar-refractivity contribution is 0.103. The molecule has 32 heavy (non-hydrogen) atoms. The largest absolute Gasteiger partial charge is 0.432 e. The number of anilines is 1. The quantitative estimate of drug-likeness (QED) is 0.414. The number of nitrogens with zero attached hydrogens (tertiary/aromatic N) is 4. The molecule has 0 aliphatic heterocycles. The Hall–Kier alpha value is -2.58. The zero-order valence-electron chi connectivity index (χ0n) is 19.4. The molecule has 3 heterocycles. The third kappa shape index (κ3) is 4.34. The fourth-order valence-electron chi connectivity index (χ4n) is 4.79. The number of fused-ring (bicyclic) bond motifs is 1. The molecule has 1 aliphatic carbocycles. The minimum absolute atomic E-state index is 0.00382. The van der Waals surface area contributed by atoms with Crippen molar-refractivity contribution in [3.8, 4) is 0 Å². The molecule has 1 aliphatic rings. The Morgan fingerprint density at radius 1 is 1.25 bits per heavy atom. The number of nitrogen functional groups attached to an aromatic ring is 1. The van der Waals surface area contributed by atoms with Gasteiger partial charge in [0.05, 0.1) is 5.56 Å². The van der Waals surface area contributed by atoms with Gasteiger partial charge in [-0.1, -0.05) is 13.8 Å². The molecule has 170 valence electrons. The lowest BCUT2D eigenvalue weighted by Gasteiger charge is -2.40. The van der Waals surface area contributed by atoms with Crippen molar-refractivity contribution in [1.29, 1.82) is 0 Å². The van der Waals surface area contributed by atoms with Crippen LogP contribution in [0.3, 0.4) is 0 Å². The van der Waals surface area contributed by atoms with Gasteiger partial charge < -0.3 is 15.1 Å². The third-order valence-electron chi connectivity index (χ3n) is 7.45. The lowest BCUT2D eigenvalue weighted by atomic mass is 9.81. The molecule has 0 amide bonds. The van der Waals surface area contributed by atoms with E-state index in [9.17, 15) is 9.59 Å². The van der Waals surface area contributed by atoms with E-state index in [2.05, 4.69) is 33.4 Å². The van der Waals surface area contributed by atoms with Crippen molar-refractivity contribution in [3.63, 3.8) is 0 Å². The summed E-state index contributed by atoms with van der Waals surface area (Å²) in [7, 11) is -2.20. The minimum Gasteiger partial charge on any atom is -0.432 e. The zero-order chi connectivity index (χ0) is 23.1. The van der Waals surface area contributed by atoms with Crippen LogP contribution in [0.25, 0.3) is 11.0 Å². The van der Waals surface area contributed by atoms with Crippen molar-refractivity contribution in [1.82, 2.24) is 19.5 Å². The predicted molar refractivity (Wildman–Crippen MR) is 129 cm³/mol. The summed E-state index contributed by atoms with van der Waals surface area (Å²) in [6.07, 6.45) is 12.1. The molecular formula is C24H33N5O2Si. The van der Waals surface area contributed by atoms with Crippen LogP contribution in [0.4, 0.5) is 5.82 Å². The van der Waals surface area contributed by atoms with Crippen molar-refractivity contribution in [2.24, 2.45) is 5.92 Å². The Kier molecular flexibility index (Phi) is 5.94. The molecule has 0 radical (unpaired) electrons. The molecule has 3 aromatic heterocycles. The number of hydrogen-bond donors (Lipinski definition) is 2. The number of rotatable bonds is 6. The maximum atomic E-state index is 13.2. The molecule has 0 aromatic carbocycles. The average molecular weight is 452 g/mol. The van der Waals surface area contributed by atoms with Crippen LogP contribution in [0.1, 0.15) is 67.9 Å². The van der Waals surface area contributed by atoms with Crippen LogP contribution in [-0.4, -0.2) is 38.4 Å². The molecule has 1 fully saturated rings. The first-order valence-electron chi connectivity index (χ1n) is 11.4. The van der Waals surface area contributed by atoms with Crippen LogP contribution < -0.4 is 5.73 Å². The SMILES string of the molecule is CC(C)(C[C@H]1CC[C@H](n2cc(C(=O)c3ccnc(N)c3)c3cncnc32)CC1)[Si](C)(C)O. The summed E-state index contributed by atoms with van der Waals surface area (Å²) in [4.78, 5) is 36.6. The number of carbonyl (C=O) groups is 1. The van der Waals surface area contributed by atoms with Crippen LogP contribution >= 0.6 is 0 Å². The van der Waals surface area contributed by atoms with Gasteiger partial charge in [0.15, 0.2) is 14.1 Å². The van der Waals surface area contributed by atoms with E-state index in [0.717, 1.165) is 43.1 Å². The van der Waals surface area contributed by atoms with E-state index in [-0.39, 0.29) is 10.8 Å². The fourth-order valence-corrected chi connectivity index (χ4v) is 5.58. The van der Waals surface area contributed by atoms with Gasteiger partial charge in [-0.2, -0.15) is 0 Å². The van der Waals surface area contributed by atoms with E-state index in [1.54, 1.807) is 30.9 Å². The van der Waals surface area contributed by atoms with Gasteiger partial charge in [0.2, 0.25) is 0 Å². The Morgan fingerprint density at radius 3 is 2.62 bits per heavy atom. The van der Waals surface area contributed by atoms with Crippen molar-refractivity contribution in [2.75, 3.05) is 5.73 Å². The number of ketones is 1. The second-order valence-electron chi connectivity index (χ2n) is 10.3. The minimum atomic E-state index is -2.20. The third-order valence-corrected chi connectivity index (χ3v) is 11.0. The van der Waals surface area contributed by atoms with E-state index >= 15 is 0 Å². The molecule has 0 atom stereocenters. The van der Waals surface area contributed by atoms with E-state index in [1.165, 1.54) is 0 Å². The Bertz CT molecular complexity index is 1130. The first kappa shape index (κ1) is 22.6. The van der Waals surface area contributed by atoms with E-state index in [1.807, 2.05) is 19.3 Å². The highest BCUT2D eigenvalue weighted by molar-refractivity contribution is 6.72. The van der Waals surface area contributed by atoms with Gasteiger partial charge in [-0.05, 0) is 68.3 Å². The summed E-state index contributed by atoms with van der Waals surface area (Å²) in [6.45, 7) is 8.51. The Balaban J connectivity index is 1.57. The van der Waals surface area contributed by atoms with Crippen LogP contribution in [0, 0.1) is 5.92 Å². The van der Waals surface area contributed by atoms with Gasteiger partial charge in [-0.15, -0.1) is 0 Å². The highest BCUT2D eigenvalue weighted by Crippen LogP contribution is 2.46. The molecular weight excluding hydrogens is 418 g/mol. The molecule has 0 bridgehead atoms.